The van der Waals surface area contributed by atoms with Crippen LogP contribution < -0.4 is 10.6 Å². The molecule has 1 aliphatic rings. The van der Waals surface area contributed by atoms with E-state index in [-0.39, 0.29) is 12.5 Å². The normalized spacial score (nSPS) is 14.2. The van der Waals surface area contributed by atoms with E-state index >= 15 is 0 Å². The zero-order valence-electron chi connectivity index (χ0n) is 21.5. The third-order valence-corrected chi connectivity index (χ3v) is 6.90. The van der Waals surface area contributed by atoms with Gasteiger partial charge < -0.3 is 15.5 Å². The molecule has 0 aliphatic carbocycles. The van der Waals surface area contributed by atoms with Gasteiger partial charge in [-0.05, 0) is 41.9 Å². The van der Waals surface area contributed by atoms with Gasteiger partial charge in [-0.3, -0.25) is 9.69 Å². The topological polar surface area (TPSA) is 97.2 Å². The summed E-state index contributed by atoms with van der Waals surface area (Å²) < 4.78 is 0. The highest BCUT2D eigenvalue weighted by Gasteiger charge is 2.16. The number of para-hydroxylation sites is 1. The third kappa shape index (κ3) is 5.97. The Morgan fingerprint density at radius 1 is 1.00 bits per heavy atom. The molecular weight excluding hydrogens is 474 g/mol. The van der Waals surface area contributed by atoms with Gasteiger partial charge in [-0.1, -0.05) is 49.4 Å². The highest BCUT2D eigenvalue weighted by atomic mass is 16.1. The van der Waals surface area contributed by atoms with Gasteiger partial charge in [-0.2, -0.15) is 5.26 Å². The van der Waals surface area contributed by atoms with Crippen LogP contribution in [0.4, 0.5) is 11.6 Å². The molecule has 8 heteroatoms. The number of hydrogen-bond acceptors (Lipinski definition) is 7. The lowest BCUT2D eigenvalue weighted by atomic mass is 10.0. The standard InChI is InChI=1S/C30H31N7O/c1-2-36-15-17-37(18-16-36)21-22-5-3-7-26(19-22)34-30-33-20-25-6-4-8-27(28(25)35-30)23-9-11-24(12-10-23)29(38)32-14-13-31/h3-12,19-20H,2,14-18,21H2,1H3,(H,32,38)(H,33,34,35). The van der Waals surface area contributed by atoms with Crippen LogP contribution in [0.3, 0.4) is 0 Å². The van der Waals surface area contributed by atoms with E-state index in [9.17, 15) is 4.79 Å². The Hall–Kier alpha value is -4.32. The Balaban J connectivity index is 1.33. The number of anilines is 2. The van der Waals surface area contributed by atoms with Crippen LogP contribution in [-0.2, 0) is 6.54 Å². The Bertz CT molecular complexity index is 1450. The lowest BCUT2D eigenvalue weighted by Gasteiger charge is -2.34. The number of amides is 1. The number of likely N-dealkylation sites (N-methyl/N-ethyl adjacent to an activating group) is 1. The molecule has 2 heterocycles. The van der Waals surface area contributed by atoms with Gasteiger partial charge in [0.05, 0.1) is 11.6 Å². The van der Waals surface area contributed by atoms with Crippen molar-refractivity contribution in [2.75, 3.05) is 44.6 Å². The molecule has 38 heavy (non-hydrogen) atoms. The summed E-state index contributed by atoms with van der Waals surface area (Å²) in [6.45, 7) is 8.68. The van der Waals surface area contributed by atoms with E-state index in [4.69, 9.17) is 10.2 Å². The lowest BCUT2D eigenvalue weighted by Crippen LogP contribution is -2.45. The monoisotopic (exact) mass is 505 g/mol. The second-order valence-electron chi connectivity index (χ2n) is 9.39. The zero-order chi connectivity index (χ0) is 26.3. The van der Waals surface area contributed by atoms with E-state index in [1.54, 1.807) is 12.1 Å². The second-order valence-corrected chi connectivity index (χ2v) is 9.39. The summed E-state index contributed by atoms with van der Waals surface area (Å²) in [6.07, 6.45) is 1.83. The van der Waals surface area contributed by atoms with Gasteiger partial charge in [-0.25, -0.2) is 9.97 Å². The number of fused-ring (bicyclic) bond motifs is 1. The van der Waals surface area contributed by atoms with Gasteiger partial charge >= 0.3 is 0 Å². The molecule has 1 aromatic heterocycles. The number of nitrogens with zero attached hydrogens (tertiary/aromatic N) is 5. The Kier molecular flexibility index (Phi) is 7.88. The van der Waals surface area contributed by atoms with Crippen LogP contribution >= 0.6 is 0 Å². The fourth-order valence-electron chi connectivity index (χ4n) is 4.77. The largest absolute Gasteiger partial charge is 0.339 e. The number of nitrogens with one attached hydrogen (secondary N) is 2. The highest BCUT2D eigenvalue weighted by Crippen LogP contribution is 2.28. The van der Waals surface area contributed by atoms with Crippen LogP contribution in [0.15, 0.2) is 72.9 Å². The van der Waals surface area contributed by atoms with Crippen molar-refractivity contribution in [3.63, 3.8) is 0 Å². The molecule has 1 aliphatic heterocycles. The molecule has 0 spiro atoms. The maximum absolute atomic E-state index is 12.1. The molecule has 1 amide bonds. The molecule has 1 fully saturated rings. The summed E-state index contributed by atoms with van der Waals surface area (Å²) in [5.41, 5.74) is 5.46. The van der Waals surface area contributed by atoms with Crippen molar-refractivity contribution in [1.82, 2.24) is 25.1 Å². The predicted molar refractivity (Wildman–Crippen MR) is 150 cm³/mol. The smallest absolute Gasteiger partial charge is 0.252 e. The molecule has 5 rings (SSSR count). The number of aromatic nitrogens is 2. The number of benzene rings is 3. The van der Waals surface area contributed by atoms with Crippen LogP contribution in [0, 0.1) is 11.3 Å². The Morgan fingerprint density at radius 3 is 2.53 bits per heavy atom. The minimum Gasteiger partial charge on any atom is -0.339 e. The second kappa shape index (κ2) is 11.8. The maximum atomic E-state index is 12.1. The molecule has 4 aromatic rings. The van der Waals surface area contributed by atoms with Crippen molar-refractivity contribution >= 4 is 28.4 Å². The third-order valence-electron chi connectivity index (χ3n) is 6.90. The fourth-order valence-corrected chi connectivity index (χ4v) is 4.77. The molecule has 0 atom stereocenters. The van der Waals surface area contributed by atoms with E-state index in [2.05, 4.69) is 50.5 Å². The van der Waals surface area contributed by atoms with Crippen molar-refractivity contribution in [3.05, 3.63) is 84.1 Å². The van der Waals surface area contributed by atoms with Crippen molar-refractivity contribution in [3.8, 4) is 17.2 Å². The number of nitriles is 1. The number of hydrogen-bond donors (Lipinski definition) is 2. The van der Waals surface area contributed by atoms with E-state index in [1.165, 1.54) is 5.56 Å². The minimum atomic E-state index is -0.268. The lowest BCUT2D eigenvalue weighted by molar-refractivity contribution is 0.0958. The van der Waals surface area contributed by atoms with E-state index in [0.717, 1.165) is 67.0 Å². The summed E-state index contributed by atoms with van der Waals surface area (Å²) in [4.78, 5) is 26.5. The average Bonchev–Trinajstić information content (AvgIpc) is 2.96. The summed E-state index contributed by atoms with van der Waals surface area (Å²) in [7, 11) is 0. The summed E-state index contributed by atoms with van der Waals surface area (Å²) in [5, 5.41) is 15.6. The Morgan fingerprint density at radius 2 is 1.76 bits per heavy atom. The van der Waals surface area contributed by atoms with Crippen LogP contribution in [0.2, 0.25) is 0 Å². The van der Waals surface area contributed by atoms with Crippen molar-refractivity contribution < 1.29 is 4.79 Å². The number of piperazine rings is 1. The van der Waals surface area contributed by atoms with Gasteiger partial charge in [0.2, 0.25) is 5.95 Å². The van der Waals surface area contributed by atoms with Crippen LogP contribution in [0.5, 0.6) is 0 Å². The minimum absolute atomic E-state index is 0.0184. The zero-order valence-corrected chi connectivity index (χ0v) is 21.5. The molecule has 0 saturated carbocycles. The van der Waals surface area contributed by atoms with Crippen LogP contribution in [-0.4, -0.2) is 64.9 Å². The van der Waals surface area contributed by atoms with E-state index in [1.807, 2.05) is 48.7 Å². The first-order valence-corrected chi connectivity index (χ1v) is 12.9. The van der Waals surface area contributed by atoms with Crippen molar-refractivity contribution in [2.24, 2.45) is 0 Å². The molecule has 1 saturated heterocycles. The number of rotatable bonds is 8. The fraction of sp³-hybridized carbons (Fsp3) is 0.267. The summed E-state index contributed by atoms with van der Waals surface area (Å²) in [6, 6.07) is 23.7. The van der Waals surface area contributed by atoms with Gasteiger partial charge in [-0.15, -0.1) is 0 Å². The molecule has 0 bridgehead atoms. The Labute approximate surface area is 222 Å². The molecule has 2 N–H and O–H groups in total. The first kappa shape index (κ1) is 25.3. The van der Waals surface area contributed by atoms with Gasteiger partial charge in [0.1, 0.15) is 6.54 Å². The highest BCUT2D eigenvalue weighted by molar-refractivity contribution is 5.97. The van der Waals surface area contributed by atoms with Crippen LogP contribution in [0.1, 0.15) is 22.8 Å². The first-order valence-electron chi connectivity index (χ1n) is 12.9. The molecule has 0 radical (unpaired) electrons. The molecule has 192 valence electrons. The van der Waals surface area contributed by atoms with Crippen molar-refractivity contribution in [1.29, 1.82) is 5.26 Å². The van der Waals surface area contributed by atoms with Gasteiger partial charge in [0, 0.05) is 61.1 Å². The molecule has 3 aromatic carbocycles. The molecule has 0 unspecified atom stereocenters. The number of carbonyl (C=O) groups is 1. The van der Waals surface area contributed by atoms with Gasteiger partial charge in [0.25, 0.3) is 5.91 Å². The first-order chi connectivity index (χ1) is 18.6. The molecular formula is C30H31N7O. The van der Waals surface area contributed by atoms with E-state index < -0.39 is 0 Å². The average molecular weight is 506 g/mol. The number of carbonyl (C=O) groups excluding carboxylic acids is 1. The maximum Gasteiger partial charge on any atom is 0.252 e. The summed E-state index contributed by atoms with van der Waals surface area (Å²) >= 11 is 0. The van der Waals surface area contributed by atoms with Gasteiger partial charge in [0.15, 0.2) is 0 Å². The predicted octanol–water partition coefficient (Wildman–Crippen LogP) is 4.43. The van der Waals surface area contributed by atoms with E-state index in [0.29, 0.717) is 11.5 Å². The van der Waals surface area contributed by atoms with Crippen molar-refractivity contribution in [2.45, 2.75) is 13.5 Å². The quantitative estimate of drug-likeness (QED) is 0.342. The SMILES string of the molecule is CCN1CCN(Cc2cccc(Nc3ncc4cccc(-c5ccc(C(=O)NCC#N)cc5)c4n3)c2)CC1. The summed E-state index contributed by atoms with van der Waals surface area (Å²) in [5.74, 6) is 0.265. The molecule has 8 nitrogen and oxygen atoms in total. The van der Waals surface area contributed by atoms with Crippen LogP contribution in [0.25, 0.3) is 22.0 Å².